The number of aromatic nitrogens is 1. The van der Waals surface area contributed by atoms with E-state index in [4.69, 9.17) is 0 Å². The first kappa shape index (κ1) is 17.3. The van der Waals surface area contributed by atoms with Gasteiger partial charge in [-0.15, -0.1) is 0 Å². The van der Waals surface area contributed by atoms with Gasteiger partial charge in [-0.2, -0.15) is 0 Å². The quantitative estimate of drug-likeness (QED) is 0.721. The minimum Gasteiger partial charge on any atom is -0.508 e. The van der Waals surface area contributed by atoms with Crippen LogP contribution in [-0.4, -0.2) is 29.1 Å². The molecule has 4 rings (SSSR count). The van der Waals surface area contributed by atoms with Crippen LogP contribution in [0.3, 0.4) is 0 Å². The number of rotatable bonds is 3. The molecule has 2 aromatic carbocycles. The highest BCUT2D eigenvalue weighted by atomic mass is 16.3. The van der Waals surface area contributed by atoms with E-state index in [-0.39, 0.29) is 11.7 Å². The molecule has 27 heavy (non-hydrogen) atoms. The molecule has 1 aliphatic heterocycles. The van der Waals surface area contributed by atoms with E-state index in [2.05, 4.69) is 28.2 Å². The van der Waals surface area contributed by atoms with Crippen LogP contribution in [0.4, 0.5) is 11.4 Å². The number of carbonyl (C=O) groups excluding carboxylic acids is 1. The van der Waals surface area contributed by atoms with Gasteiger partial charge in [0.2, 0.25) is 0 Å². The first-order valence-corrected chi connectivity index (χ1v) is 9.37. The van der Waals surface area contributed by atoms with Gasteiger partial charge in [-0.1, -0.05) is 17.7 Å². The van der Waals surface area contributed by atoms with Crippen molar-refractivity contribution in [3.8, 4) is 5.75 Å². The molecule has 5 heteroatoms. The van der Waals surface area contributed by atoms with Crippen molar-refractivity contribution in [2.45, 2.75) is 26.2 Å². The van der Waals surface area contributed by atoms with Gasteiger partial charge < -0.3 is 15.3 Å². The second-order valence-corrected chi connectivity index (χ2v) is 7.10. The standard InChI is InChI=1S/C22H23N3O2/c1-15-8-9-19-18(12-15)21(25-10-3-2-4-11-25)14-20(24-19)22(27)23-16-6-5-7-17(26)13-16/h5-9,12-14,26H,2-4,10-11H2,1H3,(H,23,27). The Balaban J connectivity index is 1.74. The number of pyridine rings is 1. The van der Waals surface area contributed by atoms with E-state index >= 15 is 0 Å². The second-order valence-electron chi connectivity index (χ2n) is 7.10. The highest BCUT2D eigenvalue weighted by Gasteiger charge is 2.18. The number of hydrogen-bond donors (Lipinski definition) is 2. The van der Waals surface area contributed by atoms with Gasteiger partial charge in [-0.3, -0.25) is 4.79 Å². The van der Waals surface area contributed by atoms with Crippen LogP contribution in [-0.2, 0) is 0 Å². The molecule has 0 aliphatic carbocycles. The summed E-state index contributed by atoms with van der Waals surface area (Å²) in [6.07, 6.45) is 3.59. The van der Waals surface area contributed by atoms with Crippen LogP contribution in [0.15, 0.2) is 48.5 Å². The zero-order valence-corrected chi connectivity index (χ0v) is 15.4. The molecule has 2 N–H and O–H groups in total. The minimum atomic E-state index is -0.277. The molecule has 3 aromatic rings. The Morgan fingerprint density at radius 3 is 2.67 bits per heavy atom. The van der Waals surface area contributed by atoms with Crippen LogP contribution in [0.1, 0.15) is 35.3 Å². The van der Waals surface area contributed by atoms with Crippen molar-refractivity contribution in [1.29, 1.82) is 0 Å². The molecular formula is C22H23N3O2. The first-order valence-electron chi connectivity index (χ1n) is 9.37. The summed E-state index contributed by atoms with van der Waals surface area (Å²) in [5, 5.41) is 13.5. The SMILES string of the molecule is Cc1ccc2nc(C(=O)Nc3cccc(O)c3)cc(N3CCCCC3)c2c1. The van der Waals surface area contributed by atoms with Crippen molar-refractivity contribution < 1.29 is 9.90 Å². The lowest BCUT2D eigenvalue weighted by atomic mass is 10.1. The average molecular weight is 361 g/mol. The Bertz CT molecular complexity index is 994. The predicted molar refractivity (Wildman–Crippen MR) is 109 cm³/mol. The van der Waals surface area contributed by atoms with Gasteiger partial charge in [0, 0.05) is 35.9 Å². The summed E-state index contributed by atoms with van der Waals surface area (Å²) in [6.45, 7) is 4.07. The fourth-order valence-corrected chi connectivity index (χ4v) is 3.61. The number of phenols is 1. The third-order valence-electron chi connectivity index (χ3n) is 4.98. The van der Waals surface area contributed by atoms with Crippen molar-refractivity contribution in [3.63, 3.8) is 0 Å². The smallest absolute Gasteiger partial charge is 0.274 e. The number of amides is 1. The molecule has 1 fully saturated rings. The van der Waals surface area contributed by atoms with E-state index < -0.39 is 0 Å². The number of piperidine rings is 1. The molecule has 138 valence electrons. The maximum atomic E-state index is 12.8. The van der Waals surface area contributed by atoms with Crippen molar-refractivity contribution >= 4 is 28.2 Å². The monoisotopic (exact) mass is 361 g/mol. The summed E-state index contributed by atoms with van der Waals surface area (Å²) in [7, 11) is 0. The molecule has 0 radical (unpaired) electrons. The van der Waals surface area contributed by atoms with E-state index in [9.17, 15) is 9.90 Å². The normalized spacial score (nSPS) is 14.3. The first-order chi connectivity index (χ1) is 13.1. The minimum absolute atomic E-state index is 0.115. The zero-order valence-electron chi connectivity index (χ0n) is 15.4. The van der Waals surface area contributed by atoms with Gasteiger partial charge in [0.05, 0.1) is 5.52 Å². The topological polar surface area (TPSA) is 65.5 Å². The van der Waals surface area contributed by atoms with E-state index in [1.54, 1.807) is 18.2 Å². The summed E-state index contributed by atoms with van der Waals surface area (Å²) >= 11 is 0. The lowest BCUT2D eigenvalue weighted by Gasteiger charge is -2.30. The number of benzene rings is 2. The van der Waals surface area contributed by atoms with E-state index in [0.717, 1.165) is 29.7 Å². The van der Waals surface area contributed by atoms with Crippen molar-refractivity contribution in [2.24, 2.45) is 0 Å². The fourth-order valence-electron chi connectivity index (χ4n) is 3.61. The number of hydrogen-bond acceptors (Lipinski definition) is 4. The maximum absolute atomic E-state index is 12.8. The number of carbonyl (C=O) groups is 1. The number of aromatic hydroxyl groups is 1. The third-order valence-corrected chi connectivity index (χ3v) is 4.98. The van der Waals surface area contributed by atoms with E-state index in [1.165, 1.54) is 30.9 Å². The molecule has 0 bridgehead atoms. The molecule has 2 heterocycles. The Hall–Kier alpha value is -3.08. The number of anilines is 2. The van der Waals surface area contributed by atoms with Gasteiger partial charge in [-0.25, -0.2) is 4.98 Å². The molecule has 1 aromatic heterocycles. The van der Waals surface area contributed by atoms with Crippen LogP contribution in [0.25, 0.3) is 10.9 Å². The molecular weight excluding hydrogens is 338 g/mol. The van der Waals surface area contributed by atoms with Gasteiger partial charge in [-0.05, 0) is 56.5 Å². The Kier molecular flexibility index (Phi) is 4.67. The second kappa shape index (κ2) is 7.27. The number of nitrogens with one attached hydrogen (secondary N) is 1. The zero-order chi connectivity index (χ0) is 18.8. The lowest BCUT2D eigenvalue weighted by molar-refractivity contribution is 0.102. The summed E-state index contributed by atoms with van der Waals surface area (Å²) in [5.74, 6) is -0.162. The van der Waals surface area contributed by atoms with E-state index in [0.29, 0.717) is 11.4 Å². The highest BCUT2D eigenvalue weighted by Crippen LogP contribution is 2.30. The summed E-state index contributed by atoms with van der Waals surface area (Å²) < 4.78 is 0. The number of nitrogens with zero attached hydrogens (tertiary/aromatic N) is 2. The number of aryl methyl sites for hydroxylation is 1. The van der Waals surface area contributed by atoms with Crippen LogP contribution in [0.2, 0.25) is 0 Å². The van der Waals surface area contributed by atoms with Crippen molar-refractivity contribution in [3.05, 3.63) is 59.8 Å². The average Bonchev–Trinajstić information content (AvgIpc) is 2.68. The van der Waals surface area contributed by atoms with Crippen LogP contribution >= 0.6 is 0 Å². The van der Waals surface area contributed by atoms with Gasteiger partial charge in [0.15, 0.2) is 0 Å². The fraction of sp³-hybridized carbons (Fsp3) is 0.273. The van der Waals surface area contributed by atoms with Crippen LogP contribution in [0.5, 0.6) is 5.75 Å². The van der Waals surface area contributed by atoms with Crippen molar-refractivity contribution in [2.75, 3.05) is 23.3 Å². The number of fused-ring (bicyclic) bond motifs is 1. The molecule has 1 saturated heterocycles. The van der Waals surface area contributed by atoms with Crippen LogP contribution < -0.4 is 10.2 Å². The molecule has 0 saturated carbocycles. The molecule has 1 amide bonds. The molecule has 0 spiro atoms. The largest absolute Gasteiger partial charge is 0.508 e. The Morgan fingerprint density at radius 1 is 1.07 bits per heavy atom. The lowest BCUT2D eigenvalue weighted by Crippen LogP contribution is -2.30. The Labute approximate surface area is 158 Å². The van der Waals surface area contributed by atoms with Gasteiger partial charge in [0.25, 0.3) is 5.91 Å². The molecule has 1 aliphatic rings. The molecule has 0 unspecified atom stereocenters. The third kappa shape index (κ3) is 3.72. The summed E-state index contributed by atoms with van der Waals surface area (Å²) in [4.78, 5) is 19.7. The maximum Gasteiger partial charge on any atom is 0.274 e. The number of phenolic OH excluding ortho intramolecular Hbond substituents is 1. The van der Waals surface area contributed by atoms with E-state index in [1.807, 2.05) is 18.2 Å². The summed E-state index contributed by atoms with van der Waals surface area (Å²) in [6, 6.07) is 14.6. The van der Waals surface area contributed by atoms with Gasteiger partial charge in [0.1, 0.15) is 11.4 Å². The highest BCUT2D eigenvalue weighted by molar-refractivity contribution is 6.06. The Morgan fingerprint density at radius 2 is 1.89 bits per heavy atom. The predicted octanol–water partition coefficient (Wildman–Crippen LogP) is 4.49. The van der Waals surface area contributed by atoms with Gasteiger partial charge >= 0.3 is 0 Å². The van der Waals surface area contributed by atoms with Crippen LogP contribution in [0, 0.1) is 6.92 Å². The molecule has 5 nitrogen and oxygen atoms in total. The summed E-state index contributed by atoms with van der Waals surface area (Å²) in [5.41, 5.74) is 4.01. The molecule has 0 atom stereocenters. The van der Waals surface area contributed by atoms with Crippen molar-refractivity contribution in [1.82, 2.24) is 4.98 Å².